The Hall–Kier alpha value is -1.55. The molecule has 0 aliphatic heterocycles. The van der Waals surface area contributed by atoms with Crippen LogP contribution in [0, 0.1) is 0 Å². The van der Waals surface area contributed by atoms with Crippen LogP contribution in [0.15, 0.2) is 18.2 Å². The lowest BCUT2D eigenvalue weighted by Gasteiger charge is -2.12. The number of nitrogens with one attached hydrogen (secondary N) is 1. The minimum Gasteiger partial charge on any atom is -0.506 e. The average Bonchev–Trinajstić information content (AvgIpc) is 2.30. The zero-order chi connectivity index (χ0) is 12.1. The summed E-state index contributed by atoms with van der Waals surface area (Å²) in [6, 6.07) is 4.62. The maximum atomic E-state index is 11.5. The highest BCUT2D eigenvalue weighted by atomic mass is 16.3. The molecule has 0 radical (unpaired) electrons. The second-order valence-corrected chi connectivity index (χ2v) is 3.71. The predicted octanol–water partition coefficient (Wildman–Crippen LogP) is 1.63. The van der Waals surface area contributed by atoms with Crippen LogP contribution in [0.5, 0.6) is 5.75 Å². The molecule has 4 heteroatoms. The molecule has 0 saturated heterocycles. The van der Waals surface area contributed by atoms with Crippen LogP contribution in [0.2, 0.25) is 0 Å². The van der Waals surface area contributed by atoms with E-state index in [4.69, 9.17) is 5.73 Å². The van der Waals surface area contributed by atoms with E-state index in [0.29, 0.717) is 12.1 Å². The van der Waals surface area contributed by atoms with E-state index in [-0.39, 0.29) is 11.7 Å². The lowest BCUT2D eigenvalue weighted by Crippen LogP contribution is -2.34. The number of carbonyl (C=O) groups excluding carboxylic acids is 1. The van der Waals surface area contributed by atoms with E-state index >= 15 is 0 Å². The number of amides is 1. The van der Waals surface area contributed by atoms with Gasteiger partial charge in [0.1, 0.15) is 5.75 Å². The topological polar surface area (TPSA) is 75.3 Å². The van der Waals surface area contributed by atoms with Gasteiger partial charge in [-0.1, -0.05) is 19.9 Å². The molecule has 1 aromatic carbocycles. The number of aryl methyl sites for hydroxylation is 1. The van der Waals surface area contributed by atoms with E-state index in [1.54, 1.807) is 12.1 Å². The molecule has 0 unspecified atom stereocenters. The van der Waals surface area contributed by atoms with Gasteiger partial charge in [-0.3, -0.25) is 4.79 Å². The van der Waals surface area contributed by atoms with E-state index in [1.807, 2.05) is 19.9 Å². The average molecular weight is 222 g/mol. The van der Waals surface area contributed by atoms with Gasteiger partial charge in [0.2, 0.25) is 5.91 Å². The molecule has 1 rings (SSSR count). The van der Waals surface area contributed by atoms with Crippen molar-refractivity contribution in [3.63, 3.8) is 0 Å². The van der Waals surface area contributed by atoms with Gasteiger partial charge in [-0.05, 0) is 30.5 Å². The van der Waals surface area contributed by atoms with Crippen LogP contribution in [0.3, 0.4) is 0 Å². The van der Waals surface area contributed by atoms with E-state index < -0.39 is 6.04 Å². The number of carbonyl (C=O) groups is 1. The summed E-state index contributed by atoms with van der Waals surface area (Å²) in [5.41, 5.74) is 7.07. The second kappa shape index (κ2) is 5.51. The molecule has 16 heavy (non-hydrogen) atoms. The van der Waals surface area contributed by atoms with Crippen molar-refractivity contribution in [2.24, 2.45) is 5.73 Å². The number of aromatic hydroxyl groups is 1. The Morgan fingerprint density at radius 1 is 1.50 bits per heavy atom. The second-order valence-electron chi connectivity index (χ2n) is 3.71. The van der Waals surface area contributed by atoms with E-state index in [1.165, 1.54) is 0 Å². The monoisotopic (exact) mass is 222 g/mol. The largest absolute Gasteiger partial charge is 0.506 e. The first-order valence-electron chi connectivity index (χ1n) is 5.46. The molecule has 0 bridgehead atoms. The van der Waals surface area contributed by atoms with Crippen LogP contribution < -0.4 is 11.1 Å². The number of phenols is 1. The van der Waals surface area contributed by atoms with Gasteiger partial charge in [-0.25, -0.2) is 0 Å². The molecule has 1 aromatic rings. The van der Waals surface area contributed by atoms with Crippen LogP contribution in [-0.2, 0) is 11.2 Å². The third-order valence-electron chi connectivity index (χ3n) is 2.50. The third kappa shape index (κ3) is 2.97. The molecule has 0 fully saturated rings. The van der Waals surface area contributed by atoms with Crippen molar-refractivity contribution in [1.82, 2.24) is 0 Å². The van der Waals surface area contributed by atoms with Gasteiger partial charge in [0, 0.05) is 0 Å². The third-order valence-corrected chi connectivity index (χ3v) is 2.50. The Balaban J connectivity index is 2.83. The van der Waals surface area contributed by atoms with Gasteiger partial charge in [0.15, 0.2) is 0 Å². The van der Waals surface area contributed by atoms with Crippen molar-refractivity contribution in [3.8, 4) is 5.75 Å². The van der Waals surface area contributed by atoms with Gasteiger partial charge >= 0.3 is 0 Å². The van der Waals surface area contributed by atoms with Crippen LogP contribution >= 0.6 is 0 Å². The fraction of sp³-hybridized carbons (Fsp3) is 0.417. The Labute approximate surface area is 95.5 Å². The summed E-state index contributed by atoms with van der Waals surface area (Å²) >= 11 is 0. The van der Waals surface area contributed by atoms with Crippen molar-refractivity contribution in [3.05, 3.63) is 23.8 Å². The fourth-order valence-electron chi connectivity index (χ4n) is 1.31. The van der Waals surface area contributed by atoms with Gasteiger partial charge in [0.05, 0.1) is 11.7 Å². The molecule has 0 heterocycles. The first-order chi connectivity index (χ1) is 7.58. The summed E-state index contributed by atoms with van der Waals surface area (Å²) in [4.78, 5) is 11.5. The summed E-state index contributed by atoms with van der Waals surface area (Å²) in [5.74, 6) is -0.208. The maximum Gasteiger partial charge on any atom is 0.241 e. The molecular weight excluding hydrogens is 204 g/mol. The molecule has 4 N–H and O–H groups in total. The summed E-state index contributed by atoms with van der Waals surface area (Å²) in [5, 5.41) is 12.2. The summed E-state index contributed by atoms with van der Waals surface area (Å²) in [7, 11) is 0. The number of nitrogens with two attached hydrogens (primary N) is 1. The number of hydrogen-bond acceptors (Lipinski definition) is 3. The van der Waals surface area contributed by atoms with Crippen LogP contribution in [0.1, 0.15) is 25.8 Å². The fourth-order valence-corrected chi connectivity index (χ4v) is 1.31. The minimum atomic E-state index is -0.537. The molecular formula is C12H18N2O2. The summed E-state index contributed by atoms with van der Waals surface area (Å²) < 4.78 is 0. The molecule has 0 spiro atoms. The molecule has 4 nitrogen and oxygen atoms in total. The smallest absolute Gasteiger partial charge is 0.241 e. The van der Waals surface area contributed by atoms with Crippen molar-refractivity contribution >= 4 is 11.6 Å². The normalized spacial score (nSPS) is 12.2. The van der Waals surface area contributed by atoms with Crippen LogP contribution in [0.4, 0.5) is 5.69 Å². The van der Waals surface area contributed by atoms with Crippen LogP contribution in [0.25, 0.3) is 0 Å². The van der Waals surface area contributed by atoms with Crippen molar-refractivity contribution in [1.29, 1.82) is 0 Å². The highest BCUT2D eigenvalue weighted by molar-refractivity contribution is 5.95. The molecule has 1 amide bonds. The molecule has 0 saturated carbocycles. The number of rotatable bonds is 4. The highest BCUT2D eigenvalue weighted by Gasteiger charge is 2.13. The van der Waals surface area contributed by atoms with E-state index in [2.05, 4.69) is 5.32 Å². The summed E-state index contributed by atoms with van der Waals surface area (Å²) in [6.45, 7) is 3.85. The number of phenolic OH excluding ortho intramolecular Hbond substituents is 1. The van der Waals surface area contributed by atoms with Gasteiger partial charge in [-0.2, -0.15) is 0 Å². The molecule has 0 aromatic heterocycles. The van der Waals surface area contributed by atoms with Gasteiger partial charge in [0.25, 0.3) is 0 Å². The van der Waals surface area contributed by atoms with Crippen molar-refractivity contribution in [2.45, 2.75) is 32.7 Å². The zero-order valence-electron chi connectivity index (χ0n) is 9.66. The van der Waals surface area contributed by atoms with E-state index in [9.17, 15) is 9.90 Å². The number of benzene rings is 1. The van der Waals surface area contributed by atoms with Crippen LogP contribution in [-0.4, -0.2) is 17.1 Å². The Morgan fingerprint density at radius 2 is 2.19 bits per heavy atom. The molecule has 0 aliphatic rings. The van der Waals surface area contributed by atoms with Gasteiger partial charge < -0.3 is 16.2 Å². The Kier molecular flexibility index (Phi) is 4.31. The lowest BCUT2D eigenvalue weighted by atomic mass is 10.1. The first kappa shape index (κ1) is 12.5. The quantitative estimate of drug-likeness (QED) is 0.678. The molecule has 0 aliphatic carbocycles. The lowest BCUT2D eigenvalue weighted by molar-refractivity contribution is -0.117. The zero-order valence-corrected chi connectivity index (χ0v) is 9.66. The molecule has 1 atom stereocenters. The predicted molar refractivity (Wildman–Crippen MR) is 64.4 cm³/mol. The van der Waals surface area contributed by atoms with Crippen molar-refractivity contribution in [2.75, 3.05) is 5.32 Å². The standard InChI is InChI=1S/C12H18N2O2/c1-3-8-5-6-11(15)10(7-8)14-12(16)9(13)4-2/h5-7,9,15H,3-4,13H2,1-2H3,(H,14,16)/t9-/m0/s1. The SMILES string of the molecule is CCc1ccc(O)c(NC(=O)[C@@H](N)CC)c1. The Morgan fingerprint density at radius 3 is 2.75 bits per heavy atom. The van der Waals surface area contributed by atoms with Gasteiger partial charge in [-0.15, -0.1) is 0 Å². The highest BCUT2D eigenvalue weighted by Crippen LogP contribution is 2.24. The number of anilines is 1. The van der Waals surface area contributed by atoms with E-state index in [0.717, 1.165) is 12.0 Å². The molecule has 88 valence electrons. The Bertz CT molecular complexity index is 377. The minimum absolute atomic E-state index is 0.0638. The first-order valence-corrected chi connectivity index (χ1v) is 5.46. The summed E-state index contributed by atoms with van der Waals surface area (Å²) in [6.07, 6.45) is 1.42. The maximum absolute atomic E-state index is 11.5. The van der Waals surface area contributed by atoms with Crippen molar-refractivity contribution < 1.29 is 9.90 Å². The number of hydrogen-bond donors (Lipinski definition) is 3.